The van der Waals surface area contributed by atoms with Crippen LogP contribution in [0.2, 0.25) is 0 Å². The highest BCUT2D eigenvalue weighted by Gasteiger charge is 2.17. The molecule has 1 aliphatic heterocycles. The van der Waals surface area contributed by atoms with E-state index in [1.54, 1.807) is 0 Å². The van der Waals surface area contributed by atoms with Crippen molar-refractivity contribution in [3.8, 4) is 0 Å². The van der Waals surface area contributed by atoms with Crippen LogP contribution in [0.3, 0.4) is 0 Å². The second kappa shape index (κ2) is 3.80. The van der Waals surface area contributed by atoms with E-state index in [0.29, 0.717) is 13.2 Å². The maximum absolute atomic E-state index is 9.40. The zero-order chi connectivity index (χ0) is 9.10. The van der Waals surface area contributed by atoms with E-state index in [4.69, 9.17) is 0 Å². The number of aliphatic hydroxyl groups excluding tert-OH is 1. The Kier molecular flexibility index (Phi) is 2.51. The minimum Gasteiger partial charge on any atom is -0.392 e. The van der Waals surface area contributed by atoms with Gasteiger partial charge in [-0.1, -0.05) is 0 Å². The molecule has 1 aliphatic rings. The molecule has 0 radical (unpaired) electrons. The molecule has 1 aromatic heterocycles. The van der Waals surface area contributed by atoms with Crippen LogP contribution < -0.4 is 0 Å². The third-order valence-electron chi connectivity index (χ3n) is 2.20. The van der Waals surface area contributed by atoms with Gasteiger partial charge in [-0.25, -0.2) is 0 Å². The van der Waals surface area contributed by atoms with Crippen LogP contribution in [0.15, 0.2) is 6.33 Å². The summed E-state index contributed by atoms with van der Waals surface area (Å²) in [5.41, 5.74) is 0. The normalized spacial score (nSPS) is 24.8. The lowest BCUT2D eigenvalue weighted by Gasteiger charge is -2.28. The van der Waals surface area contributed by atoms with Gasteiger partial charge in [0.25, 0.3) is 0 Å². The number of hydrogen-bond acceptors (Lipinski definition) is 5. The number of tetrazole rings is 1. The molecule has 0 aromatic carbocycles. The van der Waals surface area contributed by atoms with Crippen LogP contribution in [0.5, 0.6) is 0 Å². The molecule has 1 aromatic rings. The summed E-state index contributed by atoms with van der Waals surface area (Å²) in [5.74, 6) is 0. The lowest BCUT2D eigenvalue weighted by Crippen LogP contribution is -2.39. The number of rotatable bonds is 2. The number of hydrogen-bond donors (Lipinski definition) is 1. The van der Waals surface area contributed by atoms with Crippen molar-refractivity contribution in [3.05, 3.63) is 6.33 Å². The third-order valence-corrected chi connectivity index (χ3v) is 2.20. The lowest BCUT2D eigenvalue weighted by molar-refractivity contribution is 0.0481. The Morgan fingerprint density at radius 3 is 3.15 bits per heavy atom. The van der Waals surface area contributed by atoms with Gasteiger partial charge in [-0.05, 0) is 18.1 Å². The van der Waals surface area contributed by atoms with Gasteiger partial charge in [-0.2, -0.15) is 0 Å². The van der Waals surface area contributed by atoms with E-state index in [9.17, 15) is 5.11 Å². The smallest absolute Gasteiger partial charge is 0.162 e. The molecule has 2 rings (SSSR count). The molecule has 1 atom stereocenters. The standard InChI is InChI=1S/C7H13N5O/c13-7-2-1-3-11(4-7)6-12-9-5-8-10-12/h5,7,13H,1-4,6H2. The Bertz CT molecular complexity index is 249. The van der Waals surface area contributed by atoms with Gasteiger partial charge in [0.15, 0.2) is 6.33 Å². The van der Waals surface area contributed by atoms with Gasteiger partial charge >= 0.3 is 0 Å². The van der Waals surface area contributed by atoms with E-state index in [1.807, 2.05) is 0 Å². The van der Waals surface area contributed by atoms with E-state index >= 15 is 0 Å². The molecule has 1 N–H and O–H groups in total. The van der Waals surface area contributed by atoms with Crippen LogP contribution in [-0.2, 0) is 6.67 Å². The first-order valence-corrected chi connectivity index (χ1v) is 4.46. The molecule has 13 heavy (non-hydrogen) atoms. The number of aromatic nitrogens is 4. The molecule has 0 bridgehead atoms. The summed E-state index contributed by atoms with van der Waals surface area (Å²) in [6.07, 6.45) is 3.16. The summed E-state index contributed by atoms with van der Waals surface area (Å²) in [6, 6.07) is 0. The lowest BCUT2D eigenvalue weighted by atomic mass is 10.1. The summed E-state index contributed by atoms with van der Waals surface area (Å²) >= 11 is 0. The number of nitrogens with zero attached hydrogens (tertiary/aromatic N) is 5. The Labute approximate surface area is 76.2 Å². The van der Waals surface area contributed by atoms with Gasteiger partial charge in [0.2, 0.25) is 0 Å². The van der Waals surface area contributed by atoms with Crippen LogP contribution in [-0.4, -0.2) is 49.4 Å². The highest BCUT2D eigenvalue weighted by atomic mass is 16.3. The highest BCUT2D eigenvalue weighted by Crippen LogP contribution is 2.09. The Hall–Kier alpha value is -1.01. The first kappa shape index (κ1) is 8.58. The average Bonchev–Trinajstić information content (AvgIpc) is 2.57. The Morgan fingerprint density at radius 1 is 1.54 bits per heavy atom. The summed E-state index contributed by atoms with van der Waals surface area (Å²) in [4.78, 5) is 3.65. The molecule has 1 fully saturated rings. The molecule has 1 unspecified atom stereocenters. The van der Waals surface area contributed by atoms with Crippen LogP contribution in [0.4, 0.5) is 0 Å². The van der Waals surface area contributed by atoms with Crippen molar-refractivity contribution in [2.45, 2.75) is 25.6 Å². The van der Waals surface area contributed by atoms with Crippen LogP contribution in [0.25, 0.3) is 0 Å². The van der Waals surface area contributed by atoms with E-state index in [-0.39, 0.29) is 6.10 Å². The number of piperidine rings is 1. The molecule has 2 heterocycles. The first-order valence-electron chi connectivity index (χ1n) is 4.46. The van der Waals surface area contributed by atoms with E-state index in [2.05, 4.69) is 20.3 Å². The van der Waals surface area contributed by atoms with Gasteiger partial charge in [0.05, 0.1) is 6.10 Å². The SMILES string of the molecule is OC1CCCN(Cn2ncnn2)C1. The topological polar surface area (TPSA) is 67.1 Å². The summed E-state index contributed by atoms with van der Waals surface area (Å²) in [6.45, 7) is 2.33. The second-order valence-electron chi connectivity index (χ2n) is 3.32. The predicted octanol–water partition coefficient (Wildman–Crippen LogP) is -0.913. The third kappa shape index (κ3) is 2.22. The fraction of sp³-hybridized carbons (Fsp3) is 0.857. The van der Waals surface area contributed by atoms with Crippen molar-refractivity contribution in [3.63, 3.8) is 0 Å². The van der Waals surface area contributed by atoms with E-state index in [1.165, 1.54) is 11.1 Å². The minimum atomic E-state index is -0.197. The molecule has 0 saturated carbocycles. The van der Waals surface area contributed by atoms with Crippen LogP contribution in [0, 0.1) is 0 Å². The van der Waals surface area contributed by atoms with E-state index < -0.39 is 0 Å². The van der Waals surface area contributed by atoms with Crippen molar-refractivity contribution in [2.24, 2.45) is 0 Å². The largest absolute Gasteiger partial charge is 0.392 e. The van der Waals surface area contributed by atoms with Gasteiger partial charge in [0.1, 0.15) is 6.67 Å². The number of aliphatic hydroxyl groups is 1. The molecular formula is C7H13N5O. The van der Waals surface area contributed by atoms with Crippen LogP contribution in [0.1, 0.15) is 12.8 Å². The fourth-order valence-corrected chi connectivity index (χ4v) is 1.59. The molecule has 1 saturated heterocycles. The number of likely N-dealkylation sites (tertiary alicyclic amines) is 1. The second-order valence-corrected chi connectivity index (χ2v) is 3.32. The summed E-state index contributed by atoms with van der Waals surface area (Å²) < 4.78 is 0. The van der Waals surface area contributed by atoms with Crippen molar-refractivity contribution >= 4 is 0 Å². The van der Waals surface area contributed by atoms with Gasteiger partial charge in [0, 0.05) is 13.1 Å². The minimum absolute atomic E-state index is 0.197. The van der Waals surface area contributed by atoms with Gasteiger partial charge in [-0.15, -0.1) is 15.0 Å². The zero-order valence-electron chi connectivity index (χ0n) is 7.37. The number of β-amino-alcohol motifs (C(OH)–C–C–N with tert-alkyl or cyclic N) is 1. The highest BCUT2D eigenvalue weighted by molar-refractivity contribution is 4.69. The summed E-state index contributed by atoms with van der Waals surface area (Å²) in [5, 5.41) is 20.7. The van der Waals surface area contributed by atoms with Gasteiger partial charge < -0.3 is 5.11 Å². The maximum Gasteiger partial charge on any atom is 0.162 e. The molecular weight excluding hydrogens is 170 g/mol. The van der Waals surface area contributed by atoms with Crippen molar-refractivity contribution in [1.82, 2.24) is 25.1 Å². The molecule has 0 amide bonds. The van der Waals surface area contributed by atoms with Gasteiger partial charge in [-0.3, -0.25) is 4.90 Å². The summed E-state index contributed by atoms with van der Waals surface area (Å²) in [7, 11) is 0. The van der Waals surface area contributed by atoms with Crippen LogP contribution >= 0.6 is 0 Å². The van der Waals surface area contributed by atoms with Crippen molar-refractivity contribution in [1.29, 1.82) is 0 Å². The first-order chi connectivity index (χ1) is 6.34. The predicted molar refractivity (Wildman–Crippen MR) is 44.6 cm³/mol. The fourth-order valence-electron chi connectivity index (χ4n) is 1.59. The van der Waals surface area contributed by atoms with Crippen molar-refractivity contribution < 1.29 is 5.11 Å². The monoisotopic (exact) mass is 183 g/mol. The Balaban J connectivity index is 1.87. The zero-order valence-corrected chi connectivity index (χ0v) is 7.37. The van der Waals surface area contributed by atoms with Crippen molar-refractivity contribution in [2.75, 3.05) is 13.1 Å². The quantitative estimate of drug-likeness (QED) is 0.642. The Morgan fingerprint density at radius 2 is 2.46 bits per heavy atom. The molecule has 6 nitrogen and oxygen atoms in total. The molecule has 0 spiro atoms. The molecule has 72 valence electrons. The molecule has 0 aliphatic carbocycles. The average molecular weight is 183 g/mol. The maximum atomic E-state index is 9.40. The van der Waals surface area contributed by atoms with E-state index in [0.717, 1.165) is 19.4 Å². The molecule has 6 heteroatoms.